The number of nitrogens with zero attached hydrogens (tertiary/aromatic N) is 3. The van der Waals surface area contributed by atoms with Crippen molar-refractivity contribution >= 4 is 17.6 Å². The van der Waals surface area contributed by atoms with Gasteiger partial charge in [-0.3, -0.25) is 5.01 Å². The maximum Gasteiger partial charge on any atom is 0.0591 e. The van der Waals surface area contributed by atoms with E-state index in [1.807, 2.05) is 19.0 Å². The average Bonchev–Trinajstić information content (AvgIpc) is 2.32. The summed E-state index contributed by atoms with van der Waals surface area (Å²) in [4.78, 5) is 2.33. The fourth-order valence-corrected chi connectivity index (χ4v) is 1.71. The van der Waals surface area contributed by atoms with Crippen LogP contribution in [0.4, 0.5) is 11.4 Å². The Kier molecular flexibility index (Phi) is 4.83. The summed E-state index contributed by atoms with van der Waals surface area (Å²) in [7, 11) is 1.95. The van der Waals surface area contributed by atoms with E-state index >= 15 is 0 Å². The second kappa shape index (κ2) is 6.16. The minimum absolute atomic E-state index is 1.04. The van der Waals surface area contributed by atoms with Gasteiger partial charge in [-0.2, -0.15) is 5.10 Å². The van der Waals surface area contributed by atoms with Crippen LogP contribution in [0.3, 0.4) is 0 Å². The Labute approximate surface area is 98.4 Å². The summed E-state index contributed by atoms with van der Waals surface area (Å²) in [5, 5.41) is 6.07. The lowest BCUT2D eigenvalue weighted by molar-refractivity contribution is 0.866. The fourth-order valence-electron chi connectivity index (χ4n) is 1.71. The van der Waals surface area contributed by atoms with E-state index in [-0.39, 0.29) is 0 Å². The normalized spacial score (nSPS) is 10.8. The molecular formula is C13H21N3. The Bertz CT molecular complexity index is 326. The average molecular weight is 219 g/mol. The van der Waals surface area contributed by atoms with Crippen LogP contribution < -0.4 is 9.91 Å². The Hall–Kier alpha value is -1.51. The first kappa shape index (κ1) is 12.6. The van der Waals surface area contributed by atoms with Gasteiger partial charge in [0, 0.05) is 32.0 Å². The van der Waals surface area contributed by atoms with Crippen molar-refractivity contribution in [3.63, 3.8) is 0 Å². The monoisotopic (exact) mass is 219 g/mol. The molecule has 0 aliphatic rings. The van der Waals surface area contributed by atoms with Crippen molar-refractivity contribution in [2.24, 2.45) is 5.10 Å². The molecular weight excluding hydrogens is 198 g/mol. The number of benzene rings is 1. The van der Waals surface area contributed by atoms with Crippen LogP contribution in [0.25, 0.3) is 0 Å². The molecule has 0 atom stereocenters. The first-order valence-corrected chi connectivity index (χ1v) is 5.80. The van der Waals surface area contributed by atoms with E-state index in [9.17, 15) is 0 Å². The molecule has 1 aromatic carbocycles. The minimum Gasteiger partial charge on any atom is -0.372 e. The third-order valence-electron chi connectivity index (χ3n) is 2.64. The number of hydrazone groups is 1. The number of hydrogen-bond acceptors (Lipinski definition) is 3. The van der Waals surface area contributed by atoms with Crippen LogP contribution in [0.1, 0.15) is 20.8 Å². The van der Waals surface area contributed by atoms with Crippen molar-refractivity contribution in [2.75, 3.05) is 30.0 Å². The summed E-state index contributed by atoms with van der Waals surface area (Å²) >= 11 is 0. The van der Waals surface area contributed by atoms with Crippen molar-refractivity contribution < 1.29 is 0 Å². The lowest BCUT2D eigenvalue weighted by Crippen LogP contribution is -2.21. The Morgan fingerprint density at radius 3 is 2.00 bits per heavy atom. The molecule has 0 heterocycles. The molecule has 3 nitrogen and oxygen atoms in total. The first-order chi connectivity index (χ1) is 7.72. The second-order valence-electron chi connectivity index (χ2n) is 3.59. The maximum absolute atomic E-state index is 4.20. The molecule has 3 heteroatoms. The summed E-state index contributed by atoms with van der Waals surface area (Å²) in [6.45, 7) is 8.34. The fraction of sp³-hybridized carbons (Fsp3) is 0.462. The molecule has 1 aromatic rings. The highest BCUT2D eigenvalue weighted by Gasteiger charge is 2.02. The third kappa shape index (κ3) is 2.99. The predicted molar refractivity (Wildman–Crippen MR) is 72.6 cm³/mol. The molecule has 0 fully saturated rings. The molecule has 1 rings (SSSR count). The second-order valence-corrected chi connectivity index (χ2v) is 3.59. The van der Waals surface area contributed by atoms with Crippen molar-refractivity contribution in [2.45, 2.75) is 20.8 Å². The van der Waals surface area contributed by atoms with E-state index in [1.165, 1.54) is 5.69 Å². The van der Waals surface area contributed by atoms with Gasteiger partial charge < -0.3 is 4.90 Å². The number of rotatable bonds is 5. The van der Waals surface area contributed by atoms with Crippen molar-refractivity contribution in [1.82, 2.24) is 0 Å². The SMILES string of the molecule is C/C=N/N(C)c1ccc(N(CC)CC)cc1. The van der Waals surface area contributed by atoms with Gasteiger partial charge in [0.1, 0.15) is 0 Å². The zero-order valence-electron chi connectivity index (χ0n) is 10.6. The molecule has 0 aliphatic heterocycles. The lowest BCUT2D eigenvalue weighted by Gasteiger charge is -2.22. The highest BCUT2D eigenvalue weighted by atomic mass is 15.4. The van der Waals surface area contributed by atoms with E-state index in [4.69, 9.17) is 0 Å². The van der Waals surface area contributed by atoms with Crippen molar-refractivity contribution in [3.8, 4) is 0 Å². The van der Waals surface area contributed by atoms with E-state index in [2.05, 4.69) is 48.1 Å². The third-order valence-corrected chi connectivity index (χ3v) is 2.64. The summed E-state index contributed by atoms with van der Waals surface area (Å²) in [6.07, 6.45) is 1.79. The van der Waals surface area contributed by atoms with Crippen LogP contribution in [0.15, 0.2) is 29.4 Å². The van der Waals surface area contributed by atoms with Crippen LogP contribution in [0.2, 0.25) is 0 Å². The molecule has 0 aromatic heterocycles. The number of hydrogen-bond donors (Lipinski definition) is 0. The minimum atomic E-state index is 1.04. The van der Waals surface area contributed by atoms with Crippen LogP contribution in [-0.2, 0) is 0 Å². The summed E-state index contributed by atoms with van der Waals surface area (Å²) in [6, 6.07) is 8.48. The van der Waals surface area contributed by atoms with E-state index in [1.54, 1.807) is 6.21 Å². The van der Waals surface area contributed by atoms with Crippen molar-refractivity contribution in [3.05, 3.63) is 24.3 Å². The molecule has 0 amide bonds. The molecule has 0 saturated carbocycles. The lowest BCUT2D eigenvalue weighted by atomic mass is 10.2. The largest absolute Gasteiger partial charge is 0.372 e. The van der Waals surface area contributed by atoms with Gasteiger partial charge in [-0.15, -0.1) is 0 Å². The highest BCUT2D eigenvalue weighted by molar-refractivity contribution is 5.59. The van der Waals surface area contributed by atoms with Crippen molar-refractivity contribution in [1.29, 1.82) is 0 Å². The highest BCUT2D eigenvalue weighted by Crippen LogP contribution is 2.19. The Balaban J connectivity index is 2.82. The molecule has 0 bridgehead atoms. The molecule has 0 N–H and O–H groups in total. The van der Waals surface area contributed by atoms with Gasteiger partial charge in [0.2, 0.25) is 0 Å². The molecule has 0 saturated heterocycles. The molecule has 16 heavy (non-hydrogen) atoms. The Morgan fingerprint density at radius 2 is 1.56 bits per heavy atom. The summed E-state index contributed by atoms with van der Waals surface area (Å²) in [5.74, 6) is 0. The van der Waals surface area contributed by atoms with Gasteiger partial charge in [-0.1, -0.05) is 0 Å². The molecule has 88 valence electrons. The van der Waals surface area contributed by atoms with Gasteiger partial charge in [0.05, 0.1) is 5.69 Å². The summed E-state index contributed by atoms with van der Waals surface area (Å²) < 4.78 is 0. The smallest absolute Gasteiger partial charge is 0.0591 e. The van der Waals surface area contributed by atoms with Gasteiger partial charge in [0.15, 0.2) is 0 Å². The summed E-state index contributed by atoms with van der Waals surface area (Å²) in [5.41, 5.74) is 2.37. The quantitative estimate of drug-likeness (QED) is 0.560. The first-order valence-electron chi connectivity index (χ1n) is 5.80. The Morgan fingerprint density at radius 1 is 1.06 bits per heavy atom. The van der Waals surface area contributed by atoms with E-state index < -0.39 is 0 Å². The zero-order chi connectivity index (χ0) is 12.0. The standard InChI is InChI=1S/C13H21N3/c1-5-14-15(4)12-8-10-13(11-9-12)16(6-2)7-3/h5,8-11H,6-7H2,1-4H3/b14-5+. The van der Waals surface area contributed by atoms with Crippen LogP contribution in [0, 0.1) is 0 Å². The maximum atomic E-state index is 4.20. The van der Waals surface area contributed by atoms with Gasteiger partial charge in [0.25, 0.3) is 0 Å². The molecule has 0 unspecified atom stereocenters. The van der Waals surface area contributed by atoms with Crippen LogP contribution in [-0.4, -0.2) is 26.4 Å². The van der Waals surface area contributed by atoms with Crippen LogP contribution >= 0.6 is 0 Å². The zero-order valence-corrected chi connectivity index (χ0v) is 10.6. The van der Waals surface area contributed by atoms with Gasteiger partial charge >= 0.3 is 0 Å². The predicted octanol–water partition coefficient (Wildman–Crippen LogP) is 2.97. The van der Waals surface area contributed by atoms with Gasteiger partial charge in [-0.25, -0.2) is 0 Å². The topological polar surface area (TPSA) is 18.8 Å². The number of anilines is 2. The molecule has 0 spiro atoms. The molecule has 0 radical (unpaired) electrons. The van der Waals surface area contributed by atoms with Gasteiger partial charge in [-0.05, 0) is 45.0 Å². The molecule has 0 aliphatic carbocycles. The van der Waals surface area contributed by atoms with E-state index in [0.29, 0.717) is 0 Å². The van der Waals surface area contributed by atoms with Crippen LogP contribution in [0.5, 0.6) is 0 Å². The van der Waals surface area contributed by atoms with E-state index in [0.717, 1.165) is 18.8 Å².